The molecule has 2 saturated heterocycles. The Morgan fingerprint density at radius 3 is 3.09 bits per heavy atom. The molecule has 0 amide bonds. The first-order chi connectivity index (χ1) is 5.34. The lowest BCUT2D eigenvalue weighted by atomic mass is 9.97. The van der Waals surface area contributed by atoms with Gasteiger partial charge in [0.05, 0.1) is 6.61 Å². The van der Waals surface area contributed by atoms with Crippen molar-refractivity contribution in [2.75, 3.05) is 13.2 Å². The van der Waals surface area contributed by atoms with Crippen LogP contribution >= 0.6 is 0 Å². The van der Waals surface area contributed by atoms with E-state index in [0.717, 1.165) is 13.0 Å². The van der Waals surface area contributed by atoms with Crippen LogP contribution in [0, 0.1) is 0 Å². The summed E-state index contributed by atoms with van der Waals surface area (Å²) in [5.41, 5.74) is 0. The zero-order valence-electron chi connectivity index (χ0n) is 6.51. The van der Waals surface area contributed by atoms with Crippen LogP contribution in [0.15, 0.2) is 0 Å². The zero-order chi connectivity index (χ0) is 7.68. The van der Waals surface area contributed by atoms with Crippen molar-refractivity contribution in [2.45, 2.75) is 31.3 Å². The number of Topliss-reactive ketones (excluding diaryl/α,β-unsaturated/α-hetero) is 1. The van der Waals surface area contributed by atoms with E-state index in [4.69, 9.17) is 4.74 Å². The third kappa shape index (κ3) is 1.60. The molecule has 2 heterocycles. The van der Waals surface area contributed by atoms with Gasteiger partial charge < -0.3 is 10.1 Å². The second-order valence-corrected chi connectivity index (χ2v) is 3.37. The Morgan fingerprint density at radius 2 is 2.18 bits per heavy atom. The van der Waals surface area contributed by atoms with Crippen molar-refractivity contribution in [3.8, 4) is 0 Å². The minimum Gasteiger partial charge on any atom is -0.380 e. The van der Waals surface area contributed by atoms with Gasteiger partial charge in [0, 0.05) is 31.5 Å². The van der Waals surface area contributed by atoms with E-state index in [1.165, 1.54) is 0 Å². The van der Waals surface area contributed by atoms with Crippen molar-refractivity contribution in [3.05, 3.63) is 0 Å². The monoisotopic (exact) mass is 155 g/mol. The molecular weight excluding hydrogens is 142 g/mol. The Bertz CT molecular complexity index is 153. The van der Waals surface area contributed by atoms with E-state index >= 15 is 0 Å². The summed E-state index contributed by atoms with van der Waals surface area (Å²) in [5, 5.41) is 3.40. The molecule has 11 heavy (non-hydrogen) atoms. The Kier molecular flexibility index (Phi) is 1.92. The molecule has 2 unspecified atom stereocenters. The molecule has 62 valence electrons. The van der Waals surface area contributed by atoms with Crippen molar-refractivity contribution in [1.29, 1.82) is 0 Å². The number of nitrogens with one attached hydrogen (secondary N) is 1. The van der Waals surface area contributed by atoms with Gasteiger partial charge in [-0.15, -0.1) is 0 Å². The van der Waals surface area contributed by atoms with E-state index in [0.29, 0.717) is 37.3 Å². The molecule has 2 rings (SSSR count). The lowest BCUT2D eigenvalue weighted by Gasteiger charge is -2.26. The quantitative estimate of drug-likeness (QED) is 0.539. The Morgan fingerprint density at radius 1 is 1.36 bits per heavy atom. The predicted octanol–water partition coefficient (Wildman–Crippen LogP) is 0.0964. The van der Waals surface area contributed by atoms with Crippen molar-refractivity contribution in [2.24, 2.45) is 0 Å². The number of carbonyl (C=O) groups is 1. The van der Waals surface area contributed by atoms with Gasteiger partial charge in [0.25, 0.3) is 0 Å². The smallest absolute Gasteiger partial charge is 0.136 e. The normalized spacial score (nSPS) is 38.4. The second-order valence-electron chi connectivity index (χ2n) is 3.37. The van der Waals surface area contributed by atoms with Crippen LogP contribution in [0.1, 0.15) is 19.3 Å². The third-order valence-electron chi connectivity index (χ3n) is 2.35. The van der Waals surface area contributed by atoms with Gasteiger partial charge in [-0.05, 0) is 6.42 Å². The molecule has 2 bridgehead atoms. The van der Waals surface area contributed by atoms with Gasteiger partial charge in [-0.3, -0.25) is 4.79 Å². The molecule has 0 saturated carbocycles. The summed E-state index contributed by atoms with van der Waals surface area (Å²) in [6, 6.07) is 0.687. The van der Waals surface area contributed by atoms with Crippen molar-refractivity contribution >= 4 is 5.78 Å². The zero-order valence-corrected chi connectivity index (χ0v) is 6.51. The minimum atomic E-state index is 0.295. The van der Waals surface area contributed by atoms with Gasteiger partial charge in [0.1, 0.15) is 5.78 Å². The van der Waals surface area contributed by atoms with Crippen LogP contribution < -0.4 is 5.32 Å². The maximum atomic E-state index is 11.1. The number of hydrogen-bond donors (Lipinski definition) is 1. The highest BCUT2D eigenvalue weighted by molar-refractivity contribution is 5.80. The summed E-state index contributed by atoms with van der Waals surface area (Å²) in [7, 11) is 0. The largest absolute Gasteiger partial charge is 0.380 e. The van der Waals surface area contributed by atoms with Crippen LogP contribution in [0.2, 0.25) is 0 Å². The Balaban J connectivity index is 2.04. The highest BCUT2D eigenvalue weighted by atomic mass is 16.5. The van der Waals surface area contributed by atoms with Crippen LogP contribution in [0.5, 0.6) is 0 Å². The molecule has 0 aliphatic carbocycles. The van der Waals surface area contributed by atoms with Gasteiger partial charge in [-0.1, -0.05) is 0 Å². The van der Waals surface area contributed by atoms with Crippen molar-refractivity contribution in [1.82, 2.24) is 5.32 Å². The molecule has 0 radical (unpaired) electrons. The number of fused-ring (bicyclic) bond motifs is 2. The molecule has 0 spiro atoms. The molecule has 1 N–H and O–H groups in total. The number of ether oxygens (including phenoxy) is 1. The topological polar surface area (TPSA) is 38.3 Å². The van der Waals surface area contributed by atoms with Gasteiger partial charge in [-0.2, -0.15) is 0 Å². The molecule has 3 heteroatoms. The molecule has 2 fully saturated rings. The maximum Gasteiger partial charge on any atom is 0.136 e. The fourth-order valence-corrected chi connectivity index (χ4v) is 1.83. The fourth-order valence-electron chi connectivity index (χ4n) is 1.83. The Hall–Kier alpha value is -0.410. The first kappa shape index (κ1) is 7.25. The summed E-state index contributed by atoms with van der Waals surface area (Å²) in [5.74, 6) is 0.393. The molecule has 0 aromatic carbocycles. The number of ketones is 1. The van der Waals surface area contributed by atoms with Crippen LogP contribution in [-0.4, -0.2) is 31.1 Å². The van der Waals surface area contributed by atoms with E-state index < -0.39 is 0 Å². The van der Waals surface area contributed by atoms with E-state index in [9.17, 15) is 4.79 Å². The lowest BCUT2D eigenvalue weighted by molar-refractivity contribution is -0.121. The average Bonchev–Trinajstić information content (AvgIpc) is 2.11. The SMILES string of the molecule is O=C1CC2CCOCC(C1)N2. The van der Waals surface area contributed by atoms with E-state index in [1.807, 2.05) is 0 Å². The number of hydrogen-bond acceptors (Lipinski definition) is 3. The van der Waals surface area contributed by atoms with Gasteiger partial charge in [0.2, 0.25) is 0 Å². The fraction of sp³-hybridized carbons (Fsp3) is 0.875. The van der Waals surface area contributed by atoms with Crippen molar-refractivity contribution in [3.63, 3.8) is 0 Å². The van der Waals surface area contributed by atoms with E-state index in [-0.39, 0.29) is 0 Å². The summed E-state index contributed by atoms with van der Waals surface area (Å²) in [4.78, 5) is 11.1. The highest BCUT2D eigenvalue weighted by Crippen LogP contribution is 2.15. The predicted molar refractivity (Wildman–Crippen MR) is 40.4 cm³/mol. The first-order valence-corrected chi connectivity index (χ1v) is 4.20. The number of carbonyl (C=O) groups excluding carboxylic acids is 1. The second kappa shape index (κ2) is 2.91. The average molecular weight is 155 g/mol. The van der Waals surface area contributed by atoms with Crippen LogP contribution in [0.3, 0.4) is 0 Å². The van der Waals surface area contributed by atoms with E-state index in [1.54, 1.807) is 0 Å². The summed E-state index contributed by atoms with van der Waals surface area (Å²) in [6.07, 6.45) is 2.36. The standard InChI is InChI=1S/C8H13NO2/c10-8-3-6-1-2-11-5-7(4-8)9-6/h6-7,9H,1-5H2. The summed E-state index contributed by atoms with van der Waals surface area (Å²) >= 11 is 0. The molecule has 2 aliphatic rings. The lowest BCUT2D eigenvalue weighted by Crippen LogP contribution is -2.46. The minimum absolute atomic E-state index is 0.295. The molecule has 0 aromatic rings. The van der Waals surface area contributed by atoms with Crippen molar-refractivity contribution < 1.29 is 9.53 Å². The highest BCUT2D eigenvalue weighted by Gasteiger charge is 2.28. The summed E-state index contributed by atoms with van der Waals surface area (Å²) in [6.45, 7) is 1.52. The first-order valence-electron chi connectivity index (χ1n) is 4.20. The van der Waals surface area contributed by atoms with Crippen LogP contribution in [0.4, 0.5) is 0 Å². The van der Waals surface area contributed by atoms with Crippen LogP contribution in [0.25, 0.3) is 0 Å². The summed E-state index contributed by atoms with van der Waals surface area (Å²) < 4.78 is 5.34. The molecule has 2 atom stereocenters. The number of piperidine rings is 1. The number of rotatable bonds is 0. The Labute approximate surface area is 66.1 Å². The molecule has 3 nitrogen and oxygen atoms in total. The molecule has 2 aliphatic heterocycles. The van der Waals surface area contributed by atoms with Crippen LogP contribution in [-0.2, 0) is 9.53 Å². The van der Waals surface area contributed by atoms with E-state index in [2.05, 4.69) is 5.32 Å². The van der Waals surface area contributed by atoms with Gasteiger partial charge in [-0.25, -0.2) is 0 Å². The molecule has 0 aromatic heterocycles. The third-order valence-corrected chi connectivity index (χ3v) is 2.35. The molecular formula is C8H13NO2. The maximum absolute atomic E-state index is 11.1. The van der Waals surface area contributed by atoms with Gasteiger partial charge >= 0.3 is 0 Å². The van der Waals surface area contributed by atoms with Gasteiger partial charge in [0.15, 0.2) is 0 Å².